The summed E-state index contributed by atoms with van der Waals surface area (Å²) < 4.78 is 10.1. The van der Waals surface area contributed by atoms with Crippen LogP contribution in [0, 0.1) is 5.92 Å². The molecule has 0 spiro atoms. The summed E-state index contributed by atoms with van der Waals surface area (Å²) in [5.74, 6) is 0.0998. The van der Waals surface area contributed by atoms with Gasteiger partial charge in [-0.05, 0) is 46.5 Å². The molecule has 0 aromatic heterocycles. The number of nitrogens with one attached hydrogen (secondary N) is 1. The van der Waals surface area contributed by atoms with Crippen LogP contribution in [0.3, 0.4) is 0 Å². The minimum absolute atomic E-state index is 0.175. The van der Waals surface area contributed by atoms with E-state index in [1.54, 1.807) is 6.92 Å². The van der Waals surface area contributed by atoms with Gasteiger partial charge >= 0.3 is 12.1 Å². The quantitative estimate of drug-likeness (QED) is 0.696. The van der Waals surface area contributed by atoms with E-state index >= 15 is 0 Å². The third kappa shape index (κ3) is 10.6. The molecule has 1 N–H and O–H groups in total. The molecule has 0 rings (SSSR count). The zero-order valence-corrected chi connectivity index (χ0v) is 13.5. The molecular weight excluding hydrogens is 258 g/mol. The van der Waals surface area contributed by atoms with Gasteiger partial charge in [0, 0.05) is 13.0 Å². The van der Waals surface area contributed by atoms with Gasteiger partial charge in [-0.15, -0.1) is 0 Å². The van der Waals surface area contributed by atoms with Crippen LogP contribution in [0.4, 0.5) is 4.79 Å². The Labute approximate surface area is 122 Å². The molecule has 0 aliphatic heterocycles. The fraction of sp³-hybridized carbons (Fsp3) is 0.867. The van der Waals surface area contributed by atoms with Crippen molar-refractivity contribution in [2.45, 2.75) is 65.9 Å². The molecule has 5 heteroatoms. The van der Waals surface area contributed by atoms with E-state index in [2.05, 4.69) is 12.2 Å². The van der Waals surface area contributed by atoms with Crippen LogP contribution in [0.5, 0.6) is 0 Å². The van der Waals surface area contributed by atoms with Crippen LogP contribution in [0.15, 0.2) is 0 Å². The minimum Gasteiger partial charge on any atom is -0.466 e. The Balaban J connectivity index is 4.07. The molecule has 0 saturated heterocycles. The van der Waals surface area contributed by atoms with E-state index in [0.29, 0.717) is 19.6 Å². The topological polar surface area (TPSA) is 64.6 Å². The van der Waals surface area contributed by atoms with Crippen molar-refractivity contribution < 1.29 is 19.1 Å². The first-order chi connectivity index (χ1) is 9.28. The maximum absolute atomic E-state index is 11.6. The van der Waals surface area contributed by atoms with Crippen LogP contribution in [-0.2, 0) is 14.3 Å². The highest BCUT2D eigenvalue weighted by atomic mass is 16.6. The predicted molar refractivity (Wildman–Crippen MR) is 78.5 cm³/mol. The molecule has 0 bridgehead atoms. The molecule has 20 heavy (non-hydrogen) atoms. The normalized spacial score (nSPS) is 12.7. The van der Waals surface area contributed by atoms with Crippen molar-refractivity contribution in [1.82, 2.24) is 5.32 Å². The van der Waals surface area contributed by atoms with Crippen LogP contribution in [0.1, 0.15) is 60.3 Å². The highest BCUT2D eigenvalue weighted by Crippen LogP contribution is 2.14. The molecule has 0 aromatic rings. The SMILES string of the molecule is CCCC(CCC(=O)OCC)CNC(=O)OC(C)(C)C. The number of alkyl carbamates (subject to hydrolysis) is 1. The summed E-state index contributed by atoms with van der Waals surface area (Å²) in [5, 5.41) is 2.77. The zero-order valence-electron chi connectivity index (χ0n) is 13.5. The Morgan fingerprint density at radius 2 is 1.80 bits per heavy atom. The second kappa shape index (κ2) is 9.61. The van der Waals surface area contributed by atoms with Crippen LogP contribution in [0.25, 0.3) is 0 Å². The molecule has 1 atom stereocenters. The van der Waals surface area contributed by atoms with Crippen LogP contribution in [-0.4, -0.2) is 30.8 Å². The van der Waals surface area contributed by atoms with E-state index in [1.165, 1.54) is 0 Å². The van der Waals surface area contributed by atoms with Gasteiger partial charge in [0.05, 0.1) is 6.61 Å². The van der Waals surface area contributed by atoms with Gasteiger partial charge in [-0.2, -0.15) is 0 Å². The molecule has 0 aliphatic carbocycles. The van der Waals surface area contributed by atoms with E-state index in [4.69, 9.17) is 9.47 Å². The summed E-state index contributed by atoms with van der Waals surface area (Å²) in [7, 11) is 0. The van der Waals surface area contributed by atoms with Gasteiger partial charge in [0.25, 0.3) is 0 Å². The van der Waals surface area contributed by atoms with Crippen molar-refractivity contribution in [3.63, 3.8) is 0 Å². The van der Waals surface area contributed by atoms with Crippen molar-refractivity contribution in [3.05, 3.63) is 0 Å². The Bertz CT molecular complexity index is 297. The third-order valence-electron chi connectivity index (χ3n) is 2.69. The lowest BCUT2D eigenvalue weighted by molar-refractivity contribution is -0.143. The van der Waals surface area contributed by atoms with Gasteiger partial charge in [-0.3, -0.25) is 4.79 Å². The van der Waals surface area contributed by atoms with Crippen LogP contribution in [0.2, 0.25) is 0 Å². The third-order valence-corrected chi connectivity index (χ3v) is 2.69. The monoisotopic (exact) mass is 287 g/mol. The summed E-state index contributed by atoms with van der Waals surface area (Å²) in [5.41, 5.74) is -0.491. The zero-order chi connectivity index (χ0) is 15.6. The standard InChI is InChI=1S/C15H29NO4/c1-6-8-12(9-10-13(17)19-7-2)11-16-14(18)20-15(3,4)5/h12H,6-11H2,1-5H3,(H,16,18). The summed E-state index contributed by atoms with van der Waals surface area (Å²) in [4.78, 5) is 22.9. The number of ether oxygens (including phenoxy) is 2. The van der Waals surface area contributed by atoms with Gasteiger partial charge in [0.1, 0.15) is 5.60 Å². The van der Waals surface area contributed by atoms with E-state index in [0.717, 1.165) is 19.3 Å². The number of esters is 1. The van der Waals surface area contributed by atoms with Crippen molar-refractivity contribution in [1.29, 1.82) is 0 Å². The van der Waals surface area contributed by atoms with Crippen LogP contribution >= 0.6 is 0 Å². The van der Waals surface area contributed by atoms with E-state index < -0.39 is 11.7 Å². The van der Waals surface area contributed by atoms with E-state index in [1.807, 2.05) is 20.8 Å². The Morgan fingerprint density at radius 3 is 2.30 bits per heavy atom. The summed E-state index contributed by atoms with van der Waals surface area (Å²) >= 11 is 0. The molecule has 0 aromatic carbocycles. The highest BCUT2D eigenvalue weighted by Gasteiger charge is 2.18. The maximum atomic E-state index is 11.6. The van der Waals surface area contributed by atoms with Gasteiger partial charge in [-0.25, -0.2) is 4.79 Å². The lowest BCUT2D eigenvalue weighted by Crippen LogP contribution is -2.35. The summed E-state index contributed by atoms with van der Waals surface area (Å²) in [6.07, 6.45) is 2.70. The Hall–Kier alpha value is -1.26. The first kappa shape index (κ1) is 18.7. The molecule has 0 heterocycles. The van der Waals surface area contributed by atoms with E-state index in [-0.39, 0.29) is 11.9 Å². The van der Waals surface area contributed by atoms with Crippen molar-refractivity contribution in [2.75, 3.05) is 13.2 Å². The summed E-state index contributed by atoms with van der Waals surface area (Å²) in [6.45, 7) is 10.3. The largest absolute Gasteiger partial charge is 0.466 e. The molecule has 5 nitrogen and oxygen atoms in total. The number of amides is 1. The fourth-order valence-electron chi connectivity index (χ4n) is 1.85. The Kier molecular flexibility index (Phi) is 9.01. The fourth-order valence-corrected chi connectivity index (χ4v) is 1.85. The highest BCUT2D eigenvalue weighted by molar-refractivity contribution is 5.69. The number of rotatable bonds is 8. The minimum atomic E-state index is -0.491. The average Bonchev–Trinajstić information content (AvgIpc) is 2.31. The number of hydrogen-bond donors (Lipinski definition) is 1. The van der Waals surface area contributed by atoms with Crippen molar-refractivity contribution >= 4 is 12.1 Å². The van der Waals surface area contributed by atoms with Gasteiger partial charge in [0.2, 0.25) is 0 Å². The summed E-state index contributed by atoms with van der Waals surface area (Å²) in [6, 6.07) is 0. The number of carbonyl (C=O) groups excluding carboxylic acids is 2. The lowest BCUT2D eigenvalue weighted by Gasteiger charge is -2.21. The van der Waals surface area contributed by atoms with Crippen LogP contribution < -0.4 is 5.32 Å². The smallest absolute Gasteiger partial charge is 0.407 e. The molecule has 0 fully saturated rings. The van der Waals surface area contributed by atoms with E-state index in [9.17, 15) is 9.59 Å². The first-order valence-corrected chi connectivity index (χ1v) is 7.41. The molecule has 1 unspecified atom stereocenters. The van der Waals surface area contributed by atoms with Crippen molar-refractivity contribution in [3.8, 4) is 0 Å². The molecule has 0 radical (unpaired) electrons. The molecule has 0 saturated carbocycles. The lowest BCUT2D eigenvalue weighted by atomic mass is 9.98. The molecule has 0 aliphatic rings. The molecular formula is C15H29NO4. The second-order valence-corrected chi connectivity index (χ2v) is 5.88. The van der Waals surface area contributed by atoms with Gasteiger partial charge in [-0.1, -0.05) is 13.3 Å². The molecule has 118 valence electrons. The van der Waals surface area contributed by atoms with Gasteiger partial charge in [0.15, 0.2) is 0 Å². The second-order valence-electron chi connectivity index (χ2n) is 5.88. The molecule has 1 amide bonds. The number of carbonyl (C=O) groups is 2. The maximum Gasteiger partial charge on any atom is 0.407 e. The Morgan fingerprint density at radius 1 is 1.15 bits per heavy atom. The average molecular weight is 287 g/mol. The first-order valence-electron chi connectivity index (χ1n) is 7.41. The van der Waals surface area contributed by atoms with Crippen molar-refractivity contribution in [2.24, 2.45) is 5.92 Å². The van der Waals surface area contributed by atoms with Gasteiger partial charge < -0.3 is 14.8 Å². The number of hydrogen-bond acceptors (Lipinski definition) is 4. The predicted octanol–water partition coefficient (Wildman–Crippen LogP) is 3.27.